The number of amides is 4. The number of hydrogen-bond donors (Lipinski definition) is 2. The molecule has 13 nitrogen and oxygen atoms in total. The minimum atomic E-state index is -0.651. The quantitative estimate of drug-likeness (QED) is 0.232. The summed E-state index contributed by atoms with van der Waals surface area (Å²) in [6.45, 7) is 3.68. The van der Waals surface area contributed by atoms with Crippen molar-refractivity contribution in [2.45, 2.75) is 114 Å². The molecule has 64 heavy (non-hydrogen) atoms. The average molecular weight is 874 g/mol. The van der Waals surface area contributed by atoms with E-state index in [-0.39, 0.29) is 35.7 Å². The average Bonchev–Trinajstić information content (AvgIpc) is 4.19. The topological polar surface area (TPSA) is 148 Å². The van der Waals surface area contributed by atoms with E-state index in [0.717, 1.165) is 92.2 Å². The Labute approximate surface area is 376 Å². The van der Waals surface area contributed by atoms with Gasteiger partial charge in [0.15, 0.2) is 0 Å². The predicted octanol–water partition coefficient (Wildman–Crippen LogP) is 7.85. The number of ether oxygens (including phenoxy) is 4. The second kappa shape index (κ2) is 19.9. The fourth-order valence-corrected chi connectivity index (χ4v) is 11.5. The lowest BCUT2D eigenvalue weighted by Crippen LogP contribution is -2.55. The molecule has 2 N–H and O–H groups in total. The molecule has 2 aromatic carbocycles. The highest BCUT2D eigenvalue weighted by Crippen LogP contribution is 2.49. The highest BCUT2D eigenvalue weighted by Gasteiger charge is 2.43. The van der Waals surface area contributed by atoms with Crippen LogP contribution in [0.2, 0.25) is 0 Å². The summed E-state index contributed by atoms with van der Waals surface area (Å²) in [6.07, 6.45) is 13.3. The number of rotatable bonds is 11. The lowest BCUT2D eigenvalue weighted by molar-refractivity contribution is -0.136. The fraction of sp³-hybridized carbons (Fsp3) is 0.549. The highest BCUT2D eigenvalue weighted by molar-refractivity contribution is 6.04. The summed E-state index contributed by atoms with van der Waals surface area (Å²) in [6, 6.07) is 16.3. The molecule has 3 unspecified atom stereocenters. The van der Waals surface area contributed by atoms with Crippen LogP contribution in [0.25, 0.3) is 22.3 Å². The van der Waals surface area contributed by atoms with E-state index in [9.17, 15) is 19.2 Å². The Balaban J connectivity index is 0.848. The fourth-order valence-electron chi connectivity index (χ4n) is 11.5. The Hall–Kier alpha value is -5.27. The van der Waals surface area contributed by atoms with Crippen molar-refractivity contribution in [1.29, 1.82) is 0 Å². The van der Waals surface area contributed by atoms with Crippen LogP contribution in [0.1, 0.15) is 101 Å². The molecule has 0 aromatic heterocycles. The van der Waals surface area contributed by atoms with Crippen LogP contribution < -0.4 is 10.6 Å². The van der Waals surface area contributed by atoms with Crippen molar-refractivity contribution in [3.63, 3.8) is 0 Å². The number of carbonyl (C=O) groups excluding carboxylic acids is 4. The van der Waals surface area contributed by atoms with E-state index >= 15 is 0 Å². The number of alkyl carbamates (subject to hydrolysis) is 2. The molecule has 0 spiro atoms. The van der Waals surface area contributed by atoms with Gasteiger partial charge in [0, 0.05) is 57.8 Å². The minimum Gasteiger partial charge on any atom is -0.453 e. The van der Waals surface area contributed by atoms with Gasteiger partial charge in [-0.2, -0.15) is 0 Å². The molecule has 4 amide bonds. The van der Waals surface area contributed by atoms with Crippen LogP contribution in [0.3, 0.4) is 0 Å². The molecule has 13 heteroatoms. The van der Waals surface area contributed by atoms with Gasteiger partial charge >= 0.3 is 12.2 Å². The Kier molecular flexibility index (Phi) is 13.6. The third-order valence-electron chi connectivity index (χ3n) is 15.0. The van der Waals surface area contributed by atoms with Gasteiger partial charge in [0.1, 0.15) is 12.1 Å². The molecule has 340 valence electrons. The number of benzene rings is 2. The summed E-state index contributed by atoms with van der Waals surface area (Å²) < 4.78 is 21.0. The molecule has 2 aliphatic carbocycles. The number of fused-ring (bicyclic) bond motifs is 1. The van der Waals surface area contributed by atoms with Crippen molar-refractivity contribution < 1.29 is 38.1 Å². The zero-order valence-corrected chi connectivity index (χ0v) is 37.4. The molecule has 0 bridgehead atoms. The maximum absolute atomic E-state index is 14.4. The van der Waals surface area contributed by atoms with E-state index in [1.807, 2.05) is 11.1 Å². The monoisotopic (exact) mass is 873 g/mol. The predicted molar refractivity (Wildman–Crippen MR) is 244 cm³/mol. The first-order valence-corrected chi connectivity index (χ1v) is 23.7. The maximum Gasteiger partial charge on any atom is 0.407 e. The number of aliphatic imine (C=N–C) groups is 1. The van der Waals surface area contributed by atoms with Gasteiger partial charge in [-0.15, -0.1) is 0 Å². The van der Waals surface area contributed by atoms with Crippen LogP contribution in [0, 0.1) is 11.8 Å². The van der Waals surface area contributed by atoms with Crippen LogP contribution in [-0.4, -0.2) is 117 Å². The molecule has 2 aromatic rings. The first-order chi connectivity index (χ1) is 31.3. The van der Waals surface area contributed by atoms with Gasteiger partial charge in [0.2, 0.25) is 11.8 Å². The molecule has 4 saturated heterocycles. The summed E-state index contributed by atoms with van der Waals surface area (Å²) in [5.41, 5.74) is 12.5. The third kappa shape index (κ3) is 9.15. The van der Waals surface area contributed by atoms with Crippen molar-refractivity contribution in [2.75, 3.05) is 53.7 Å². The van der Waals surface area contributed by atoms with E-state index in [2.05, 4.69) is 64.1 Å². The molecule has 5 aliphatic heterocycles. The largest absolute Gasteiger partial charge is 0.453 e. The summed E-state index contributed by atoms with van der Waals surface area (Å²) in [7, 11) is 2.68. The lowest BCUT2D eigenvalue weighted by atomic mass is 9.86. The molecular formula is C51H63N5O8. The van der Waals surface area contributed by atoms with Crippen molar-refractivity contribution in [3.8, 4) is 11.1 Å². The zero-order valence-electron chi connectivity index (χ0n) is 37.4. The van der Waals surface area contributed by atoms with Gasteiger partial charge in [0.25, 0.3) is 0 Å². The van der Waals surface area contributed by atoms with E-state index < -0.39 is 24.3 Å². The highest BCUT2D eigenvalue weighted by atomic mass is 16.5. The number of nitrogens with zero attached hydrogens (tertiary/aromatic N) is 3. The van der Waals surface area contributed by atoms with Gasteiger partial charge in [0.05, 0.1) is 26.3 Å². The first kappa shape index (κ1) is 44.0. The van der Waals surface area contributed by atoms with Crippen molar-refractivity contribution in [3.05, 3.63) is 82.6 Å². The molecule has 0 radical (unpaired) electrons. The van der Waals surface area contributed by atoms with Gasteiger partial charge in [-0.1, -0.05) is 48.5 Å². The molecule has 1 saturated carbocycles. The van der Waals surface area contributed by atoms with Gasteiger partial charge in [-0.3, -0.25) is 14.6 Å². The number of likely N-dealkylation sites (tertiary alicyclic amines) is 2. The van der Waals surface area contributed by atoms with Crippen LogP contribution in [0.15, 0.2) is 76.4 Å². The van der Waals surface area contributed by atoms with Crippen molar-refractivity contribution in [2.24, 2.45) is 16.8 Å². The summed E-state index contributed by atoms with van der Waals surface area (Å²) in [5, 5.41) is 5.76. The third-order valence-corrected chi connectivity index (χ3v) is 15.0. The lowest BCUT2D eigenvalue weighted by Gasteiger charge is -2.35. The second-order valence-corrected chi connectivity index (χ2v) is 18.5. The molecule has 9 rings (SSSR count). The number of carbonyl (C=O) groups is 4. The maximum atomic E-state index is 14.4. The molecule has 5 heterocycles. The number of methoxy groups -OCH3 is 2. The smallest absolute Gasteiger partial charge is 0.407 e. The van der Waals surface area contributed by atoms with Gasteiger partial charge in [-0.05, 0) is 145 Å². The molecular weight excluding hydrogens is 811 g/mol. The minimum absolute atomic E-state index is 0.00190. The standard InChI is InChI=1S/C51H63N5O8/c1-61-50(59)53-46(36-19-25-63-26-20-36)48(57)55-23-5-9-44(55)42-30-41(39-7-3-4-8-40(39)42)35-17-15-33(16-18-35)32-11-13-34(14-12-32)38-29-43(52-31-38)45-10-6-24-56(45)49(58)47(54-51(60)62-2)37-21-27-64-28-22-37/h11-18,31,36-37,44-47H,3-10,19-30H2,1-2H3,(H,53,59)(H,54,60)/t44?,45-,46?,47?/m0/s1. The Morgan fingerprint density at radius 2 is 1.08 bits per heavy atom. The normalized spacial score (nSPS) is 24.0. The van der Waals surface area contributed by atoms with Crippen LogP contribution in [0.4, 0.5) is 9.59 Å². The van der Waals surface area contributed by atoms with E-state index in [1.165, 1.54) is 48.5 Å². The van der Waals surface area contributed by atoms with Gasteiger partial charge < -0.3 is 39.4 Å². The Morgan fingerprint density at radius 1 is 0.594 bits per heavy atom. The zero-order chi connectivity index (χ0) is 44.2. The number of nitrogens with one attached hydrogen (secondary N) is 2. The summed E-state index contributed by atoms with van der Waals surface area (Å²) in [4.78, 5) is 62.1. The Bertz CT molecular complexity index is 2200. The molecule has 5 fully saturated rings. The van der Waals surface area contributed by atoms with E-state index in [4.69, 9.17) is 23.9 Å². The summed E-state index contributed by atoms with van der Waals surface area (Å²) in [5.74, 6) is -0.0434. The first-order valence-electron chi connectivity index (χ1n) is 23.7. The van der Waals surface area contributed by atoms with Crippen LogP contribution in [-0.2, 0) is 28.5 Å². The van der Waals surface area contributed by atoms with Crippen molar-refractivity contribution >= 4 is 40.9 Å². The molecule has 7 aliphatic rings. The van der Waals surface area contributed by atoms with Crippen LogP contribution in [0.5, 0.6) is 0 Å². The molecule has 4 atom stereocenters. The summed E-state index contributed by atoms with van der Waals surface area (Å²) >= 11 is 0. The van der Waals surface area contributed by atoms with Crippen molar-refractivity contribution in [1.82, 2.24) is 20.4 Å². The van der Waals surface area contributed by atoms with Gasteiger partial charge in [-0.25, -0.2) is 9.59 Å². The van der Waals surface area contributed by atoms with Crippen LogP contribution >= 0.6 is 0 Å². The Morgan fingerprint density at radius 3 is 1.62 bits per heavy atom. The SMILES string of the molecule is COC(=O)NC(C(=O)N1CCCC1C1=C2CCCCC2=C(c2ccc(-c3ccc(C4=CN=C([C@@H]5CCCN5C(=O)C(NC(=O)OC)C5CCOCC5)C4)cc3)cc2)C1)C1CCOCC1. The van der Waals surface area contributed by atoms with E-state index in [1.54, 1.807) is 0 Å². The number of hydrogen-bond acceptors (Lipinski definition) is 9. The number of allylic oxidation sites excluding steroid dienone is 4. The second-order valence-electron chi connectivity index (χ2n) is 18.5. The van der Waals surface area contributed by atoms with E-state index in [0.29, 0.717) is 58.8 Å².